The van der Waals surface area contributed by atoms with Crippen LogP contribution in [0.1, 0.15) is 15.9 Å². The van der Waals surface area contributed by atoms with Gasteiger partial charge in [0.15, 0.2) is 0 Å². The van der Waals surface area contributed by atoms with Crippen molar-refractivity contribution in [1.82, 2.24) is 0 Å². The van der Waals surface area contributed by atoms with Gasteiger partial charge in [0.05, 0.1) is 10.6 Å². The molecule has 0 aliphatic heterocycles. The molecule has 1 amide bonds. The summed E-state index contributed by atoms with van der Waals surface area (Å²) in [6.45, 7) is 1.61. The van der Waals surface area contributed by atoms with Crippen molar-refractivity contribution in [2.24, 2.45) is 0 Å². The number of nitrogens with one attached hydrogen (secondary N) is 1. The Balaban J connectivity index is 2.39. The molecule has 1 N–H and O–H groups in total. The monoisotopic (exact) mass is 352 g/mol. The Morgan fingerprint density at radius 3 is 2.67 bits per heavy atom. The molecule has 0 saturated carbocycles. The lowest BCUT2D eigenvalue weighted by molar-refractivity contribution is -0.385. The molecule has 0 atom stereocenters. The number of amides is 1. The van der Waals surface area contributed by atoms with E-state index in [9.17, 15) is 19.3 Å². The minimum absolute atomic E-state index is 0.0151. The average Bonchev–Trinajstić information content (AvgIpc) is 2.41. The van der Waals surface area contributed by atoms with Crippen molar-refractivity contribution in [2.75, 3.05) is 5.32 Å². The third kappa shape index (κ3) is 3.25. The van der Waals surface area contributed by atoms with E-state index in [1.807, 2.05) is 0 Å². The molecule has 0 unspecified atom stereocenters. The van der Waals surface area contributed by atoms with E-state index in [2.05, 4.69) is 21.2 Å². The Bertz CT molecular complexity index is 734. The highest BCUT2D eigenvalue weighted by Crippen LogP contribution is 2.26. The van der Waals surface area contributed by atoms with Gasteiger partial charge in [-0.25, -0.2) is 4.39 Å². The van der Waals surface area contributed by atoms with Crippen LogP contribution in [0.15, 0.2) is 40.9 Å². The zero-order valence-electron chi connectivity index (χ0n) is 10.9. The molecule has 0 saturated heterocycles. The highest BCUT2D eigenvalue weighted by Gasteiger charge is 2.22. The quantitative estimate of drug-likeness (QED) is 0.668. The van der Waals surface area contributed by atoms with Crippen LogP contribution in [-0.4, -0.2) is 10.8 Å². The third-order valence-electron chi connectivity index (χ3n) is 2.85. The molecule has 0 radical (unpaired) electrons. The fourth-order valence-electron chi connectivity index (χ4n) is 1.88. The first-order valence-corrected chi connectivity index (χ1v) is 6.70. The van der Waals surface area contributed by atoms with Crippen molar-refractivity contribution >= 4 is 33.2 Å². The lowest BCUT2D eigenvalue weighted by atomic mass is 10.1. The number of aryl methyl sites for hydroxylation is 1. The predicted octanol–water partition coefficient (Wildman–Crippen LogP) is 4.06. The van der Waals surface area contributed by atoms with E-state index in [0.717, 1.165) is 0 Å². The Morgan fingerprint density at radius 2 is 2.05 bits per heavy atom. The van der Waals surface area contributed by atoms with Gasteiger partial charge in [-0.1, -0.05) is 12.1 Å². The fourth-order valence-corrected chi connectivity index (χ4v) is 2.33. The largest absolute Gasteiger partial charge is 0.321 e. The topological polar surface area (TPSA) is 72.2 Å². The lowest BCUT2D eigenvalue weighted by Gasteiger charge is -2.09. The van der Waals surface area contributed by atoms with Crippen LogP contribution in [0, 0.1) is 22.9 Å². The molecule has 7 heteroatoms. The van der Waals surface area contributed by atoms with Gasteiger partial charge in [0.2, 0.25) is 0 Å². The van der Waals surface area contributed by atoms with Crippen LogP contribution in [0.5, 0.6) is 0 Å². The van der Waals surface area contributed by atoms with Gasteiger partial charge in [0, 0.05) is 10.5 Å². The van der Waals surface area contributed by atoms with Crippen LogP contribution >= 0.6 is 15.9 Å². The van der Waals surface area contributed by atoms with Gasteiger partial charge in [0.1, 0.15) is 11.4 Å². The summed E-state index contributed by atoms with van der Waals surface area (Å²) >= 11 is 3.13. The number of benzene rings is 2. The molecule has 0 spiro atoms. The maximum Gasteiger partial charge on any atom is 0.282 e. The zero-order valence-corrected chi connectivity index (χ0v) is 12.5. The fraction of sp³-hybridized carbons (Fsp3) is 0.0714. The van der Waals surface area contributed by atoms with Crippen molar-refractivity contribution in [3.63, 3.8) is 0 Å². The standard InChI is InChI=1S/C14H10BrFN2O3/c1-8-3-2-4-12(18(20)21)13(8)14(19)17-11-6-5-9(16)7-10(11)15/h2-7H,1H3,(H,17,19). The maximum atomic E-state index is 13.0. The van der Waals surface area contributed by atoms with Gasteiger partial charge in [-0.3, -0.25) is 14.9 Å². The number of hydrogen-bond donors (Lipinski definition) is 1. The second kappa shape index (κ2) is 6.01. The number of hydrogen-bond acceptors (Lipinski definition) is 3. The van der Waals surface area contributed by atoms with Gasteiger partial charge in [-0.05, 0) is 46.6 Å². The summed E-state index contributed by atoms with van der Waals surface area (Å²) < 4.78 is 13.4. The molecule has 2 rings (SSSR count). The summed E-state index contributed by atoms with van der Waals surface area (Å²) in [6.07, 6.45) is 0. The summed E-state index contributed by atoms with van der Waals surface area (Å²) in [5.74, 6) is -1.08. The normalized spacial score (nSPS) is 10.2. The predicted molar refractivity (Wildman–Crippen MR) is 79.9 cm³/mol. The van der Waals surface area contributed by atoms with E-state index < -0.39 is 16.6 Å². The smallest absolute Gasteiger partial charge is 0.282 e. The molecule has 0 aromatic heterocycles. The number of nitrogens with zero attached hydrogens (tertiary/aromatic N) is 1. The zero-order chi connectivity index (χ0) is 15.6. The molecule has 0 aliphatic rings. The Labute approximate surface area is 128 Å². The second-order valence-corrected chi connectivity index (χ2v) is 5.16. The van der Waals surface area contributed by atoms with Crippen LogP contribution in [0.3, 0.4) is 0 Å². The van der Waals surface area contributed by atoms with Crippen molar-refractivity contribution in [3.05, 3.63) is 67.9 Å². The van der Waals surface area contributed by atoms with Gasteiger partial charge in [-0.2, -0.15) is 0 Å². The molecule has 2 aromatic carbocycles. The molecular weight excluding hydrogens is 343 g/mol. The number of carbonyl (C=O) groups excluding carboxylic acids is 1. The van der Waals surface area contributed by atoms with E-state index in [0.29, 0.717) is 15.7 Å². The summed E-state index contributed by atoms with van der Waals surface area (Å²) in [6, 6.07) is 8.15. The minimum Gasteiger partial charge on any atom is -0.321 e. The van der Waals surface area contributed by atoms with Crippen molar-refractivity contribution in [3.8, 4) is 0 Å². The Morgan fingerprint density at radius 1 is 1.33 bits per heavy atom. The number of rotatable bonds is 3. The maximum absolute atomic E-state index is 13.0. The van der Waals surface area contributed by atoms with Crippen LogP contribution in [0.4, 0.5) is 15.8 Å². The van der Waals surface area contributed by atoms with Gasteiger partial charge in [0.25, 0.3) is 11.6 Å². The molecule has 0 fully saturated rings. The summed E-state index contributed by atoms with van der Waals surface area (Å²) in [7, 11) is 0. The van der Waals surface area contributed by atoms with Crippen LogP contribution in [-0.2, 0) is 0 Å². The number of carbonyl (C=O) groups is 1. The second-order valence-electron chi connectivity index (χ2n) is 4.30. The van der Waals surface area contributed by atoms with E-state index in [4.69, 9.17) is 0 Å². The van der Waals surface area contributed by atoms with Gasteiger partial charge in [-0.15, -0.1) is 0 Å². The number of halogens is 2. The van der Waals surface area contributed by atoms with E-state index in [1.54, 1.807) is 13.0 Å². The Hall–Kier alpha value is -2.28. The first-order valence-electron chi connectivity index (χ1n) is 5.90. The SMILES string of the molecule is Cc1cccc([N+](=O)[O-])c1C(=O)Nc1ccc(F)cc1Br. The molecule has 2 aromatic rings. The summed E-state index contributed by atoms with van der Waals surface area (Å²) in [5, 5.41) is 13.5. The molecule has 0 aliphatic carbocycles. The van der Waals surface area contributed by atoms with E-state index >= 15 is 0 Å². The molecular formula is C14H10BrFN2O3. The molecule has 0 heterocycles. The number of nitro benzene ring substituents is 1. The van der Waals surface area contributed by atoms with Gasteiger partial charge < -0.3 is 5.32 Å². The van der Waals surface area contributed by atoms with Gasteiger partial charge >= 0.3 is 0 Å². The third-order valence-corrected chi connectivity index (χ3v) is 3.51. The highest BCUT2D eigenvalue weighted by atomic mass is 79.9. The van der Waals surface area contributed by atoms with Crippen molar-refractivity contribution < 1.29 is 14.1 Å². The first kappa shape index (κ1) is 15.1. The summed E-state index contributed by atoms with van der Waals surface area (Å²) in [5.41, 5.74) is 0.531. The average molecular weight is 353 g/mol. The molecule has 108 valence electrons. The molecule has 0 bridgehead atoms. The minimum atomic E-state index is -0.618. The lowest BCUT2D eigenvalue weighted by Crippen LogP contribution is -2.15. The first-order chi connectivity index (χ1) is 9.90. The van der Waals surface area contributed by atoms with E-state index in [1.165, 1.54) is 30.3 Å². The van der Waals surface area contributed by atoms with Crippen molar-refractivity contribution in [2.45, 2.75) is 6.92 Å². The van der Waals surface area contributed by atoms with Crippen molar-refractivity contribution in [1.29, 1.82) is 0 Å². The highest BCUT2D eigenvalue weighted by molar-refractivity contribution is 9.10. The van der Waals surface area contributed by atoms with E-state index in [-0.39, 0.29) is 11.3 Å². The Kier molecular flexibility index (Phi) is 4.32. The molecule has 5 nitrogen and oxygen atoms in total. The summed E-state index contributed by atoms with van der Waals surface area (Å²) in [4.78, 5) is 22.7. The van der Waals surface area contributed by atoms with Crippen LogP contribution < -0.4 is 5.32 Å². The van der Waals surface area contributed by atoms with Crippen LogP contribution in [0.25, 0.3) is 0 Å². The van der Waals surface area contributed by atoms with Crippen LogP contribution in [0.2, 0.25) is 0 Å². The number of anilines is 1. The number of nitro groups is 1. The molecule has 21 heavy (non-hydrogen) atoms.